The molecule has 0 aliphatic rings. The number of benzene rings is 1. The molecule has 0 unspecified atom stereocenters. The lowest BCUT2D eigenvalue weighted by molar-refractivity contribution is -0.146. The minimum atomic E-state index is -1.20. The van der Waals surface area contributed by atoms with Crippen LogP contribution in [0.1, 0.15) is 32.3 Å². The lowest BCUT2D eigenvalue weighted by atomic mass is 10.0. The van der Waals surface area contributed by atoms with E-state index in [-0.39, 0.29) is 5.91 Å². The number of hydrogen-bond acceptors (Lipinski definition) is 2. The molecule has 0 aromatic heterocycles. The van der Waals surface area contributed by atoms with Gasteiger partial charge in [0.05, 0.1) is 0 Å². The quantitative estimate of drug-likeness (QED) is 0.810. The van der Waals surface area contributed by atoms with Gasteiger partial charge in [0.1, 0.15) is 5.54 Å². The maximum absolute atomic E-state index is 11.6. The van der Waals surface area contributed by atoms with Gasteiger partial charge in [-0.2, -0.15) is 0 Å². The Morgan fingerprint density at radius 2 is 1.83 bits per heavy atom. The summed E-state index contributed by atoms with van der Waals surface area (Å²) in [6.45, 7) is 2.95. The van der Waals surface area contributed by atoms with Crippen molar-refractivity contribution in [3.63, 3.8) is 0 Å². The predicted molar refractivity (Wildman–Crippen MR) is 69.2 cm³/mol. The summed E-state index contributed by atoms with van der Waals surface area (Å²) in [4.78, 5) is 22.4. The second-order valence-electron chi connectivity index (χ2n) is 4.82. The summed E-state index contributed by atoms with van der Waals surface area (Å²) in [6, 6.07) is 9.90. The van der Waals surface area contributed by atoms with Crippen molar-refractivity contribution < 1.29 is 14.7 Å². The fourth-order valence-corrected chi connectivity index (χ4v) is 1.56. The number of amides is 1. The smallest absolute Gasteiger partial charge is 0.328 e. The molecule has 0 bridgehead atoms. The third kappa shape index (κ3) is 4.57. The van der Waals surface area contributed by atoms with Gasteiger partial charge in [-0.15, -0.1) is 0 Å². The monoisotopic (exact) mass is 249 g/mol. The number of carbonyl (C=O) groups is 2. The van der Waals surface area contributed by atoms with Crippen molar-refractivity contribution >= 4 is 11.9 Å². The Labute approximate surface area is 107 Å². The summed E-state index contributed by atoms with van der Waals surface area (Å²) >= 11 is 0. The molecule has 18 heavy (non-hydrogen) atoms. The van der Waals surface area contributed by atoms with Gasteiger partial charge in [-0.1, -0.05) is 30.3 Å². The molecule has 0 saturated heterocycles. The number of carboxylic acids is 1. The first-order chi connectivity index (χ1) is 8.42. The van der Waals surface area contributed by atoms with Crippen LogP contribution in [0.2, 0.25) is 0 Å². The van der Waals surface area contributed by atoms with Crippen molar-refractivity contribution in [2.24, 2.45) is 0 Å². The first-order valence-corrected chi connectivity index (χ1v) is 6.00. The van der Waals surface area contributed by atoms with Gasteiger partial charge in [0, 0.05) is 6.42 Å². The lowest BCUT2D eigenvalue weighted by Crippen LogP contribution is -2.49. The average Bonchev–Trinajstić information content (AvgIpc) is 2.29. The van der Waals surface area contributed by atoms with Crippen molar-refractivity contribution in [1.82, 2.24) is 5.32 Å². The molecule has 0 heterocycles. The maximum Gasteiger partial charge on any atom is 0.328 e. The predicted octanol–water partition coefficient (Wildman–Crippen LogP) is 1.99. The summed E-state index contributed by atoms with van der Waals surface area (Å²) < 4.78 is 0. The maximum atomic E-state index is 11.6. The van der Waals surface area contributed by atoms with Crippen LogP contribution in [0.4, 0.5) is 0 Å². The third-order valence-corrected chi connectivity index (χ3v) is 2.70. The molecule has 0 atom stereocenters. The molecule has 0 aliphatic heterocycles. The Balaban J connectivity index is 2.32. The van der Waals surface area contributed by atoms with Crippen LogP contribution in [-0.2, 0) is 16.0 Å². The second kappa shape index (κ2) is 6.19. The number of aryl methyl sites for hydroxylation is 1. The fourth-order valence-electron chi connectivity index (χ4n) is 1.56. The van der Waals surface area contributed by atoms with Crippen molar-refractivity contribution in [3.8, 4) is 0 Å². The topological polar surface area (TPSA) is 66.4 Å². The third-order valence-electron chi connectivity index (χ3n) is 2.70. The SMILES string of the molecule is CC(C)(NC(=O)CCCc1ccccc1)C(=O)O. The molecule has 0 fully saturated rings. The summed E-state index contributed by atoms with van der Waals surface area (Å²) in [5.74, 6) is -1.25. The molecular weight excluding hydrogens is 230 g/mol. The Bertz CT molecular complexity index is 412. The first kappa shape index (κ1) is 14.2. The van der Waals surface area contributed by atoms with Gasteiger partial charge in [0.2, 0.25) is 5.91 Å². The summed E-state index contributed by atoms with van der Waals surface area (Å²) in [6.07, 6.45) is 1.87. The van der Waals surface area contributed by atoms with Crippen molar-refractivity contribution in [2.75, 3.05) is 0 Å². The summed E-state index contributed by atoms with van der Waals surface area (Å²) in [5, 5.41) is 11.4. The Morgan fingerprint density at radius 1 is 1.22 bits per heavy atom. The summed E-state index contributed by atoms with van der Waals surface area (Å²) in [7, 11) is 0. The Hall–Kier alpha value is -1.84. The van der Waals surface area contributed by atoms with E-state index in [4.69, 9.17) is 5.11 Å². The molecule has 0 spiro atoms. The largest absolute Gasteiger partial charge is 0.480 e. The number of nitrogens with one attached hydrogen (secondary N) is 1. The van der Waals surface area contributed by atoms with Crippen LogP contribution in [0.15, 0.2) is 30.3 Å². The molecule has 0 aliphatic carbocycles. The van der Waals surface area contributed by atoms with E-state index in [0.29, 0.717) is 12.8 Å². The lowest BCUT2D eigenvalue weighted by Gasteiger charge is -2.20. The van der Waals surface area contributed by atoms with Gasteiger partial charge in [0.15, 0.2) is 0 Å². The minimum absolute atomic E-state index is 0.224. The number of aliphatic carboxylic acids is 1. The van der Waals surface area contributed by atoms with E-state index in [1.54, 1.807) is 0 Å². The van der Waals surface area contributed by atoms with Crippen LogP contribution in [0.5, 0.6) is 0 Å². The molecule has 4 nitrogen and oxygen atoms in total. The van der Waals surface area contributed by atoms with E-state index in [0.717, 1.165) is 6.42 Å². The molecule has 1 aromatic rings. The molecule has 0 saturated carbocycles. The number of carbonyl (C=O) groups excluding carboxylic acids is 1. The zero-order valence-electron chi connectivity index (χ0n) is 10.8. The average molecular weight is 249 g/mol. The highest BCUT2D eigenvalue weighted by atomic mass is 16.4. The van der Waals surface area contributed by atoms with E-state index < -0.39 is 11.5 Å². The zero-order valence-corrected chi connectivity index (χ0v) is 10.8. The minimum Gasteiger partial charge on any atom is -0.480 e. The highest BCUT2D eigenvalue weighted by Crippen LogP contribution is 2.06. The van der Waals surface area contributed by atoms with E-state index in [9.17, 15) is 9.59 Å². The molecular formula is C14H19NO3. The second-order valence-corrected chi connectivity index (χ2v) is 4.82. The van der Waals surface area contributed by atoms with Crippen molar-refractivity contribution in [1.29, 1.82) is 0 Å². The fraction of sp³-hybridized carbons (Fsp3) is 0.429. The van der Waals surface area contributed by atoms with Gasteiger partial charge in [-0.3, -0.25) is 4.79 Å². The van der Waals surface area contributed by atoms with Crippen molar-refractivity contribution in [2.45, 2.75) is 38.6 Å². The van der Waals surface area contributed by atoms with Crippen LogP contribution < -0.4 is 5.32 Å². The number of hydrogen-bond donors (Lipinski definition) is 2. The molecule has 2 N–H and O–H groups in total. The summed E-state index contributed by atoms with van der Waals surface area (Å²) in [5.41, 5.74) is -0.0214. The molecule has 1 amide bonds. The van der Waals surface area contributed by atoms with Crippen LogP contribution >= 0.6 is 0 Å². The number of rotatable bonds is 6. The van der Waals surface area contributed by atoms with Gasteiger partial charge < -0.3 is 10.4 Å². The first-order valence-electron chi connectivity index (χ1n) is 6.00. The Kier molecular flexibility index (Phi) is 4.89. The molecule has 98 valence electrons. The normalized spacial score (nSPS) is 11.0. The van der Waals surface area contributed by atoms with Gasteiger partial charge >= 0.3 is 5.97 Å². The molecule has 1 rings (SSSR count). The number of carboxylic acid groups (broad SMARTS) is 1. The van der Waals surface area contributed by atoms with Crippen LogP contribution in [0.3, 0.4) is 0 Å². The highest BCUT2D eigenvalue weighted by molar-refractivity contribution is 5.86. The van der Waals surface area contributed by atoms with Crippen LogP contribution in [-0.4, -0.2) is 22.5 Å². The van der Waals surface area contributed by atoms with Gasteiger partial charge in [0.25, 0.3) is 0 Å². The van der Waals surface area contributed by atoms with E-state index in [1.807, 2.05) is 30.3 Å². The van der Waals surface area contributed by atoms with Gasteiger partial charge in [-0.05, 0) is 32.3 Å². The van der Waals surface area contributed by atoms with E-state index in [1.165, 1.54) is 19.4 Å². The van der Waals surface area contributed by atoms with Crippen LogP contribution in [0, 0.1) is 0 Å². The van der Waals surface area contributed by atoms with E-state index >= 15 is 0 Å². The van der Waals surface area contributed by atoms with E-state index in [2.05, 4.69) is 5.32 Å². The van der Waals surface area contributed by atoms with Crippen molar-refractivity contribution in [3.05, 3.63) is 35.9 Å². The zero-order chi connectivity index (χ0) is 13.6. The molecule has 4 heteroatoms. The Morgan fingerprint density at radius 3 is 2.39 bits per heavy atom. The van der Waals surface area contributed by atoms with Crippen LogP contribution in [0.25, 0.3) is 0 Å². The molecule has 0 radical (unpaired) electrons. The molecule has 1 aromatic carbocycles. The van der Waals surface area contributed by atoms with Gasteiger partial charge in [-0.25, -0.2) is 4.79 Å². The standard InChI is InChI=1S/C14H19NO3/c1-14(2,13(17)18)15-12(16)10-6-9-11-7-4-3-5-8-11/h3-5,7-8H,6,9-10H2,1-2H3,(H,15,16)(H,17,18). The highest BCUT2D eigenvalue weighted by Gasteiger charge is 2.28.